The summed E-state index contributed by atoms with van der Waals surface area (Å²) in [6.07, 6.45) is 3.06. The van der Waals surface area contributed by atoms with Crippen LogP contribution in [0.4, 0.5) is 0 Å². The Kier molecular flexibility index (Phi) is 1.76. The SMILES string of the molecule is Cc1ncc2c(n1)CCC2C(=O)O. The molecule has 0 aliphatic heterocycles. The molecule has 4 heteroatoms. The van der Waals surface area contributed by atoms with Gasteiger partial charge in [-0.25, -0.2) is 9.97 Å². The van der Waals surface area contributed by atoms with Crippen LogP contribution in [-0.4, -0.2) is 21.0 Å². The van der Waals surface area contributed by atoms with Crippen molar-refractivity contribution < 1.29 is 9.90 Å². The van der Waals surface area contributed by atoms with Gasteiger partial charge in [0.15, 0.2) is 0 Å². The minimum Gasteiger partial charge on any atom is -0.481 e. The van der Waals surface area contributed by atoms with Crippen LogP contribution >= 0.6 is 0 Å². The maximum absolute atomic E-state index is 10.8. The van der Waals surface area contributed by atoms with Gasteiger partial charge in [0, 0.05) is 17.5 Å². The summed E-state index contributed by atoms with van der Waals surface area (Å²) in [5.41, 5.74) is 1.69. The fourth-order valence-corrected chi connectivity index (χ4v) is 1.71. The highest BCUT2D eigenvalue weighted by Crippen LogP contribution is 2.31. The summed E-state index contributed by atoms with van der Waals surface area (Å²) in [5.74, 6) is -0.452. The molecule has 1 aliphatic carbocycles. The highest BCUT2D eigenvalue weighted by Gasteiger charge is 2.29. The first kappa shape index (κ1) is 8.16. The fraction of sp³-hybridized carbons (Fsp3) is 0.444. The number of fused-ring (bicyclic) bond motifs is 1. The van der Waals surface area contributed by atoms with E-state index in [2.05, 4.69) is 9.97 Å². The molecule has 0 fully saturated rings. The molecule has 0 radical (unpaired) electrons. The van der Waals surface area contributed by atoms with Crippen molar-refractivity contribution >= 4 is 5.97 Å². The lowest BCUT2D eigenvalue weighted by atomic mass is 10.1. The summed E-state index contributed by atoms with van der Waals surface area (Å²) >= 11 is 0. The summed E-state index contributed by atoms with van der Waals surface area (Å²) in [4.78, 5) is 19.0. The molecule has 0 amide bonds. The van der Waals surface area contributed by atoms with Crippen molar-refractivity contribution in [3.05, 3.63) is 23.3 Å². The second-order valence-electron chi connectivity index (χ2n) is 3.25. The van der Waals surface area contributed by atoms with E-state index in [9.17, 15) is 4.79 Å². The van der Waals surface area contributed by atoms with Gasteiger partial charge in [-0.1, -0.05) is 0 Å². The molecule has 68 valence electrons. The van der Waals surface area contributed by atoms with Crippen LogP contribution in [-0.2, 0) is 11.2 Å². The van der Waals surface area contributed by atoms with Gasteiger partial charge in [-0.3, -0.25) is 4.79 Å². The number of nitrogens with zero attached hydrogens (tertiary/aromatic N) is 2. The second-order valence-corrected chi connectivity index (χ2v) is 3.25. The lowest BCUT2D eigenvalue weighted by molar-refractivity contribution is -0.138. The number of aromatic nitrogens is 2. The molecule has 1 heterocycles. The first-order valence-electron chi connectivity index (χ1n) is 4.23. The number of carbonyl (C=O) groups is 1. The van der Waals surface area contributed by atoms with Crippen molar-refractivity contribution in [1.29, 1.82) is 0 Å². The number of hydrogen-bond acceptors (Lipinski definition) is 3. The third kappa shape index (κ3) is 1.28. The molecule has 0 saturated heterocycles. The van der Waals surface area contributed by atoms with E-state index in [1.807, 2.05) is 6.92 Å². The molecule has 1 atom stereocenters. The molecule has 2 rings (SSSR count). The van der Waals surface area contributed by atoms with Crippen molar-refractivity contribution in [3.63, 3.8) is 0 Å². The number of aryl methyl sites for hydroxylation is 2. The van der Waals surface area contributed by atoms with Gasteiger partial charge in [0.2, 0.25) is 0 Å². The van der Waals surface area contributed by atoms with Gasteiger partial charge in [0.1, 0.15) is 5.82 Å². The summed E-state index contributed by atoms with van der Waals surface area (Å²) in [6, 6.07) is 0. The zero-order chi connectivity index (χ0) is 9.42. The zero-order valence-corrected chi connectivity index (χ0v) is 7.32. The van der Waals surface area contributed by atoms with Crippen LogP contribution in [0.3, 0.4) is 0 Å². The standard InChI is InChI=1S/C9H10N2O2/c1-5-10-4-7-6(9(12)13)2-3-8(7)11-5/h4,6H,2-3H2,1H3,(H,12,13). The van der Waals surface area contributed by atoms with Crippen molar-refractivity contribution in [3.8, 4) is 0 Å². The van der Waals surface area contributed by atoms with E-state index in [4.69, 9.17) is 5.11 Å². The Labute approximate surface area is 75.6 Å². The zero-order valence-electron chi connectivity index (χ0n) is 7.32. The molecular formula is C9H10N2O2. The lowest BCUT2D eigenvalue weighted by Gasteiger charge is -2.03. The third-order valence-electron chi connectivity index (χ3n) is 2.36. The number of aliphatic carboxylic acids is 1. The van der Waals surface area contributed by atoms with Crippen molar-refractivity contribution in [2.24, 2.45) is 0 Å². The van der Waals surface area contributed by atoms with Crippen molar-refractivity contribution in [2.45, 2.75) is 25.7 Å². The molecule has 1 aliphatic rings. The number of hydrogen-bond donors (Lipinski definition) is 1. The molecule has 13 heavy (non-hydrogen) atoms. The van der Waals surface area contributed by atoms with Crippen molar-refractivity contribution in [1.82, 2.24) is 9.97 Å². The van der Waals surface area contributed by atoms with E-state index < -0.39 is 11.9 Å². The molecule has 0 bridgehead atoms. The number of rotatable bonds is 1. The van der Waals surface area contributed by atoms with Crippen LogP contribution < -0.4 is 0 Å². The topological polar surface area (TPSA) is 63.1 Å². The summed E-state index contributed by atoms with van der Waals surface area (Å²) in [7, 11) is 0. The Morgan fingerprint density at radius 3 is 3.15 bits per heavy atom. The molecule has 1 aromatic heterocycles. The predicted octanol–water partition coefficient (Wildman–Crippen LogP) is 0.899. The normalized spacial score (nSPS) is 19.9. The molecule has 1 N–H and O–H groups in total. The molecule has 1 unspecified atom stereocenters. The molecular weight excluding hydrogens is 168 g/mol. The molecule has 4 nitrogen and oxygen atoms in total. The highest BCUT2D eigenvalue weighted by atomic mass is 16.4. The Morgan fingerprint density at radius 1 is 1.69 bits per heavy atom. The summed E-state index contributed by atoms with van der Waals surface area (Å²) in [5, 5.41) is 8.87. The lowest BCUT2D eigenvalue weighted by Crippen LogP contribution is -2.08. The Hall–Kier alpha value is -1.45. The van der Waals surface area contributed by atoms with Gasteiger partial charge < -0.3 is 5.11 Å². The number of carboxylic acids is 1. The van der Waals surface area contributed by atoms with Gasteiger partial charge in [0.05, 0.1) is 5.92 Å². The van der Waals surface area contributed by atoms with E-state index in [0.29, 0.717) is 12.2 Å². The van der Waals surface area contributed by atoms with Gasteiger partial charge in [0.25, 0.3) is 0 Å². The van der Waals surface area contributed by atoms with Crippen molar-refractivity contribution in [2.75, 3.05) is 0 Å². The Balaban J connectivity index is 2.44. The van der Waals surface area contributed by atoms with Gasteiger partial charge in [-0.05, 0) is 19.8 Å². The Bertz CT molecular complexity index is 363. The highest BCUT2D eigenvalue weighted by molar-refractivity contribution is 5.77. The summed E-state index contributed by atoms with van der Waals surface area (Å²) < 4.78 is 0. The smallest absolute Gasteiger partial charge is 0.311 e. The average molecular weight is 178 g/mol. The Morgan fingerprint density at radius 2 is 2.46 bits per heavy atom. The van der Waals surface area contributed by atoms with Crippen LogP contribution in [0.2, 0.25) is 0 Å². The largest absolute Gasteiger partial charge is 0.481 e. The van der Waals surface area contributed by atoms with E-state index in [1.165, 1.54) is 0 Å². The first-order valence-corrected chi connectivity index (χ1v) is 4.23. The molecule has 0 spiro atoms. The monoisotopic (exact) mass is 178 g/mol. The molecule has 0 aromatic carbocycles. The van der Waals surface area contributed by atoms with Gasteiger partial charge in [-0.2, -0.15) is 0 Å². The average Bonchev–Trinajstić information content (AvgIpc) is 2.46. The van der Waals surface area contributed by atoms with E-state index in [0.717, 1.165) is 17.7 Å². The minimum atomic E-state index is -0.772. The van der Waals surface area contributed by atoms with Crippen LogP contribution in [0, 0.1) is 6.92 Å². The quantitative estimate of drug-likeness (QED) is 0.694. The minimum absolute atomic E-state index is 0.393. The van der Waals surface area contributed by atoms with Crippen LogP contribution in [0.15, 0.2) is 6.20 Å². The summed E-state index contributed by atoms with van der Waals surface area (Å²) in [6.45, 7) is 1.81. The fourth-order valence-electron chi connectivity index (χ4n) is 1.71. The second kappa shape index (κ2) is 2.80. The van der Waals surface area contributed by atoms with E-state index in [-0.39, 0.29) is 0 Å². The maximum Gasteiger partial charge on any atom is 0.311 e. The molecule has 0 saturated carbocycles. The van der Waals surface area contributed by atoms with E-state index >= 15 is 0 Å². The predicted molar refractivity (Wildman–Crippen MR) is 45.5 cm³/mol. The van der Waals surface area contributed by atoms with Gasteiger partial charge in [-0.15, -0.1) is 0 Å². The number of carboxylic acid groups (broad SMARTS) is 1. The van der Waals surface area contributed by atoms with Gasteiger partial charge >= 0.3 is 5.97 Å². The van der Waals surface area contributed by atoms with Crippen LogP contribution in [0.1, 0.15) is 29.4 Å². The molecule has 1 aromatic rings. The first-order chi connectivity index (χ1) is 6.18. The van der Waals surface area contributed by atoms with Crippen LogP contribution in [0.5, 0.6) is 0 Å². The maximum atomic E-state index is 10.8. The van der Waals surface area contributed by atoms with E-state index in [1.54, 1.807) is 6.20 Å². The third-order valence-corrected chi connectivity index (χ3v) is 2.36. The van der Waals surface area contributed by atoms with Crippen LogP contribution in [0.25, 0.3) is 0 Å².